The Hall–Kier alpha value is -2.08. The van der Waals surface area contributed by atoms with E-state index < -0.39 is 10.0 Å². The Kier molecular flexibility index (Phi) is 3.94. The van der Waals surface area contributed by atoms with Gasteiger partial charge in [-0.05, 0) is 36.6 Å². The van der Waals surface area contributed by atoms with E-state index in [0.717, 1.165) is 17.5 Å². The lowest BCUT2D eigenvalue weighted by atomic mass is 10.1. The minimum atomic E-state index is -3.74. The highest BCUT2D eigenvalue weighted by molar-refractivity contribution is 7.92. The summed E-state index contributed by atoms with van der Waals surface area (Å²) in [4.78, 5) is 3.80. The number of nitrogen functional groups attached to an aromatic ring is 1. The molecule has 1 heterocycles. The van der Waals surface area contributed by atoms with Crippen LogP contribution in [-0.4, -0.2) is 13.4 Å². The molecule has 0 aliphatic carbocycles. The van der Waals surface area contributed by atoms with Gasteiger partial charge in [-0.15, -0.1) is 0 Å². The van der Waals surface area contributed by atoms with Gasteiger partial charge in [0.15, 0.2) is 0 Å². The summed E-state index contributed by atoms with van der Waals surface area (Å²) in [6.45, 7) is 3.84. The van der Waals surface area contributed by atoms with E-state index in [1.165, 1.54) is 12.3 Å². The maximum Gasteiger partial charge on any atom is 0.265 e. The van der Waals surface area contributed by atoms with Crippen molar-refractivity contribution in [1.82, 2.24) is 4.98 Å². The summed E-state index contributed by atoms with van der Waals surface area (Å²) in [5.74, 6) is -0.00775. The van der Waals surface area contributed by atoms with Crippen LogP contribution in [0.2, 0.25) is 0 Å². The van der Waals surface area contributed by atoms with Gasteiger partial charge >= 0.3 is 0 Å². The van der Waals surface area contributed by atoms with E-state index >= 15 is 0 Å². The Morgan fingerprint density at radius 3 is 2.65 bits per heavy atom. The standard InChI is InChI=1S/C14H17N3O2S/c1-3-11-7-4-6-10(2)13(11)17-20(18,19)12-8-5-9-16-14(12)15/h4-9,17H,3H2,1-2H3,(H2,15,16). The lowest BCUT2D eigenvalue weighted by molar-refractivity contribution is 0.601. The van der Waals surface area contributed by atoms with Crippen molar-refractivity contribution in [1.29, 1.82) is 0 Å². The van der Waals surface area contributed by atoms with Gasteiger partial charge in [0.2, 0.25) is 0 Å². The fourth-order valence-electron chi connectivity index (χ4n) is 1.99. The number of nitrogens with zero attached hydrogens (tertiary/aromatic N) is 1. The second-order valence-electron chi connectivity index (χ2n) is 4.45. The van der Waals surface area contributed by atoms with E-state index in [-0.39, 0.29) is 10.7 Å². The average molecular weight is 291 g/mol. The number of hydrogen-bond donors (Lipinski definition) is 2. The average Bonchev–Trinajstić information content (AvgIpc) is 2.41. The first-order valence-electron chi connectivity index (χ1n) is 6.27. The number of anilines is 2. The fourth-order valence-corrected chi connectivity index (χ4v) is 3.25. The van der Waals surface area contributed by atoms with Crippen molar-refractivity contribution in [3.8, 4) is 0 Å². The monoisotopic (exact) mass is 291 g/mol. The minimum absolute atomic E-state index is 0.00775. The zero-order chi connectivity index (χ0) is 14.8. The molecule has 0 saturated carbocycles. The number of para-hydroxylation sites is 1. The third-order valence-corrected chi connectivity index (χ3v) is 4.46. The van der Waals surface area contributed by atoms with Gasteiger partial charge in [0, 0.05) is 6.20 Å². The lowest BCUT2D eigenvalue weighted by Gasteiger charge is -2.15. The molecule has 1 aromatic carbocycles. The smallest absolute Gasteiger partial charge is 0.265 e. The van der Waals surface area contributed by atoms with E-state index in [4.69, 9.17) is 5.73 Å². The van der Waals surface area contributed by atoms with Crippen LogP contribution in [0, 0.1) is 6.92 Å². The van der Waals surface area contributed by atoms with Gasteiger partial charge in [-0.1, -0.05) is 25.1 Å². The van der Waals surface area contributed by atoms with Gasteiger partial charge in [0.25, 0.3) is 10.0 Å². The quantitative estimate of drug-likeness (QED) is 0.905. The Morgan fingerprint density at radius 1 is 1.25 bits per heavy atom. The van der Waals surface area contributed by atoms with Crippen LogP contribution in [-0.2, 0) is 16.4 Å². The van der Waals surface area contributed by atoms with Crippen molar-refractivity contribution < 1.29 is 8.42 Å². The molecular formula is C14H17N3O2S. The molecule has 20 heavy (non-hydrogen) atoms. The summed E-state index contributed by atoms with van der Waals surface area (Å²) in [5, 5.41) is 0. The summed E-state index contributed by atoms with van der Waals surface area (Å²) in [7, 11) is -3.74. The third kappa shape index (κ3) is 2.75. The maximum absolute atomic E-state index is 12.4. The molecule has 0 amide bonds. The number of pyridine rings is 1. The van der Waals surface area contributed by atoms with Crippen LogP contribution in [0.25, 0.3) is 0 Å². The van der Waals surface area contributed by atoms with Crippen molar-refractivity contribution in [3.05, 3.63) is 47.7 Å². The first kappa shape index (κ1) is 14.3. The van der Waals surface area contributed by atoms with Crippen LogP contribution in [0.1, 0.15) is 18.1 Å². The highest BCUT2D eigenvalue weighted by Gasteiger charge is 2.20. The highest BCUT2D eigenvalue weighted by atomic mass is 32.2. The van der Waals surface area contributed by atoms with Crippen LogP contribution in [0.3, 0.4) is 0 Å². The van der Waals surface area contributed by atoms with E-state index in [1.54, 1.807) is 6.07 Å². The summed E-state index contributed by atoms with van der Waals surface area (Å²) < 4.78 is 27.4. The SMILES string of the molecule is CCc1cccc(C)c1NS(=O)(=O)c1cccnc1N. The summed E-state index contributed by atoms with van der Waals surface area (Å²) in [6, 6.07) is 8.66. The van der Waals surface area contributed by atoms with Crippen molar-refractivity contribution in [2.45, 2.75) is 25.2 Å². The molecule has 0 bridgehead atoms. The molecule has 3 N–H and O–H groups in total. The molecule has 5 nitrogen and oxygen atoms in total. The van der Waals surface area contributed by atoms with Crippen molar-refractivity contribution in [3.63, 3.8) is 0 Å². The first-order chi connectivity index (χ1) is 9.45. The molecule has 6 heteroatoms. The van der Waals surface area contributed by atoms with Crippen molar-refractivity contribution in [2.24, 2.45) is 0 Å². The molecule has 0 atom stereocenters. The van der Waals surface area contributed by atoms with Gasteiger partial charge in [0.1, 0.15) is 10.7 Å². The largest absolute Gasteiger partial charge is 0.383 e. The first-order valence-corrected chi connectivity index (χ1v) is 7.76. The fraction of sp³-hybridized carbons (Fsp3) is 0.214. The number of aryl methyl sites for hydroxylation is 2. The van der Waals surface area contributed by atoms with E-state index in [0.29, 0.717) is 5.69 Å². The van der Waals surface area contributed by atoms with Crippen LogP contribution in [0.5, 0.6) is 0 Å². The number of benzene rings is 1. The van der Waals surface area contributed by atoms with E-state index in [9.17, 15) is 8.42 Å². The normalized spacial score (nSPS) is 11.3. The Labute approximate surface area is 118 Å². The Balaban J connectivity index is 2.47. The second-order valence-corrected chi connectivity index (χ2v) is 6.11. The third-order valence-electron chi connectivity index (χ3n) is 3.07. The topological polar surface area (TPSA) is 85.1 Å². The zero-order valence-corrected chi connectivity index (χ0v) is 12.2. The molecule has 0 aliphatic rings. The number of hydrogen-bond acceptors (Lipinski definition) is 4. The predicted molar refractivity (Wildman–Crippen MR) is 80.0 cm³/mol. The van der Waals surface area contributed by atoms with Crippen molar-refractivity contribution >= 4 is 21.5 Å². The van der Waals surface area contributed by atoms with E-state index in [2.05, 4.69) is 9.71 Å². The van der Waals surface area contributed by atoms with Gasteiger partial charge < -0.3 is 5.73 Å². The summed E-state index contributed by atoms with van der Waals surface area (Å²) in [5.41, 5.74) is 8.06. The molecule has 106 valence electrons. The summed E-state index contributed by atoms with van der Waals surface area (Å²) in [6.07, 6.45) is 2.20. The molecule has 2 aromatic rings. The maximum atomic E-state index is 12.4. The Bertz CT molecular complexity index is 727. The van der Waals surface area contributed by atoms with Crippen LogP contribution in [0.4, 0.5) is 11.5 Å². The van der Waals surface area contributed by atoms with Crippen LogP contribution >= 0.6 is 0 Å². The molecule has 0 aliphatic heterocycles. The van der Waals surface area contributed by atoms with Gasteiger partial charge in [-0.25, -0.2) is 13.4 Å². The van der Waals surface area contributed by atoms with E-state index in [1.807, 2.05) is 32.0 Å². The van der Waals surface area contributed by atoms with Gasteiger partial charge in [-0.2, -0.15) is 0 Å². The minimum Gasteiger partial charge on any atom is -0.383 e. The second kappa shape index (κ2) is 5.50. The molecule has 0 fully saturated rings. The summed E-state index contributed by atoms with van der Waals surface area (Å²) >= 11 is 0. The lowest BCUT2D eigenvalue weighted by Crippen LogP contribution is -2.17. The number of rotatable bonds is 4. The molecule has 0 radical (unpaired) electrons. The van der Waals surface area contributed by atoms with Gasteiger partial charge in [-0.3, -0.25) is 4.72 Å². The number of nitrogens with two attached hydrogens (primary N) is 1. The number of nitrogens with one attached hydrogen (secondary N) is 1. The molecule has 0 saturated heterocycles. The van der Waals surface area contributed by atoms with Gasteiger partial charge in [0.05, 0.1) is 5.69 Å². The number of sulfonamides is 1. The molecular weight excluding hydrogens is 274 g/mol. The predicted octanol–water partition coefficient (Wildman–Crippen LogP) is 2.34. The molecule has 0 spiro atoms. The molecule has 0 unspecified atom stereocenters. The molecule has 2 rings (SSSR count). The highest BCUT2D eigenvalue weighted by Crippen LogP contribution is 2.25. The Morgan fingerprint density at radius 2 is 2.00 bits per heavy atom. The number of aromatic nitrogens is 1. The zero-order valence-electron chi connectivity index (χ0n) is 11.4. The van der Waals surface area contributed by atoms with Crippen molar-refractivity contribution in [2.75, 3.05) is 10.5 Å². The van der Waals surface area contributed by atoms with Crippen LogP contribution < -0.4 is 10.5 Å². The molecule has 1 aromatic heterocycles. The van der Waals surface area contributed by atoms with Crippen LogP contribution in [0.15, 0.2) is 41.4 Å².